The van der Waals surface area contributed by atoms with E-state index in [1.54, 1.807) is 60.7 Å². The molecular formula is C33H34ClN3O5S. The maximum atomic E-state index is 14.3. The first kappa shape index (κ1) is 31.6. The van der Waals surface area contributed by atoms with E-state index in [4.69, 9.17) is 16.3 Å². The summed E-state index contributed by atoms with van der Waals surface area (Å²) >= 11 is 6.49. The lowest BCUT2D eigenvalue weighted by Crippen LogP contribution is -2.53. The van der Waals surface area contributed by atoms with Gasteiger partial charge in [0.25, 0.3) is 10.0 Å². The summed E-state index contributed by atoms with van der Waals surface area (Å²) in [5.41, 5.74) is 2.71. The molecule has 0 saturated heterocycles. The number of aryl methyl sites for hydroxylation is 1. The van der Waals surface area contributed by atoms with Gasteiger partial charge in [0.15, 0.2) is 0 Å². The molecule has 1 N–H and O–H groups in total. The Hall–Kier alpha value is -4.34. The first-order chi connectivity index (χ1) is 20.6. The molecule has 224 valence electrons. The molecule has 0 aliphatic rings. The molecule has 0 aromatic heterocycles. The molecule has 8 nitrogen and oxygen atoms in total. The monoisotopic (exact) mass is 619 g/mol. The summed E-state index contributed by atoms with van der Waals surface area (Å²) in [6.07, 6.45) is 0.215. The minimum absolute atomic E-state index is 0.00620. The van der Waals surface area contributed by atoms with E-state index in [1.807, 2.05) is 37.3 Å². The number of nitrogens with zero attached hydrogens (tertiary/aromatic N) is 2. The number of halogens is 1. The standard InChI is InChI=1S/C33H34ClN3O5S/c1-24-13-15-27(16-14-24)37(43(40,41)29-19-17-28(42-3)18-20-29)23-32(38)36(22-26-11-7-8-12-30(26)34)31(33(39)35-2)21-25-9-5-4-6-10-25/h4-20,31H,21-23H2,1-3H3,(H,35,39)/t31-/m0/s1. The van der Waals surface area contributed by atoms with Crippen LogP contribution in [0.15, 0.2) is 108 Å². The Bertz CT molecular complexity index is 1650. The smallest absolute Gasteiger partial charge is 0.264 e. The summed E-state index contributed by atoms with van der Waals surface area (Å²) in [5.74, 6) is -0.455. The molecule has 0 heterocycles. The molecule has 0 unspecified atom stereocenters. The van der Waals surface area contributed by atoms with Crippen molar-refractivity contribution in [1.29, 1.82) is 0 Å². The van der Waals surface area contributed by atoms with Gasteiger partial charge in [0.05, 0.1) is 17.7 Å². The normalized spacial score (nSPS) is 11.8. The highest BCUT2D eigenvalue weighted by atomic mass is 35.5. The highest BCUT2D eigenvalue weighted by Crippen LogP contribution is 2.27. The molecule has 0 spiro atoms. The number of carbonyl (C=O) groups is 2. The van der Waals surface area contributed by atoms with Crippen LogP contribution in [0.3, 0.4) is 0 Å². The Kier molecular flexibility index (Phi) is 10.4. The second kappa shape index (κ2) is 14.2. The minimum Gasteiger partial charge on any atom is -0.497 e. The number of methoxy groups -OCH3 is 1. The van der Waals surface area contributed by atoms with E-state index in [1.165, 1.54) is 31.2 Å². The maximum Gasteiger partial charge on any atom is 0.264 e. The Balaban J connectivity index is 1.79. The van der Waals surface area contributed by atoms with Crippen molar-refractivity contribution >= 4 is 39.1 Å². The summed E-state index contributed by atoms with van der Waals surface area (Å²) in [6.45, 7) is 1.33. The number of sulfonamides is 1. The minimum atomic E-state index is -4.21. The first-order valence-corrected chi connectivity index (χ1v) is 15.5. The number of rotatable bonds is 12. The van der Waals surface area contributed by atoms with Crippen molar-refractivity contribution in [1.82, 2.24) is 10.2 Å². The molecule has 0 saturated carbocycles. The molecule has 4 rings (SSSR count). The third kappa shape index (κ3) is 7.74. The number of anilines is 1. The van der Waals surface area contributed by atoms with Gasteiger partial charge in [0.1, 0.15) is 18.3 Å². The molecule has 43 heavy (non-hydrogen) atoms. The summed E-state index contributed by atoms with van der Waals surface area (Å²) in [7, 11) is -1.21. The van der Waals surface area contributed by atoms with Crippen molar-refractivity contribution in [3.8, 4) is 5.75 Å². The summed E-state index contributed by atoms with van der Waals surface area (Å²) < 4.78 is 34.4. The first-order valence-electron chi connectivity index (χ1n) is 13.7. The van der Waals surface area contributed by atoms with Crippen LogP contribution in [0.2, 0.25) is 5.02 Å². The molecule has 0 aliphatic carbocycles. The van der Waals surface area contributed by atoms with Crippen LogP contribution in [0.25, 0.3) is 0 Å². The average Bonchev–Trinajstić information content (AvgIpc) is 3.02. The Morgan fingerprint density at radius 1 is 0.884 bits per heavy atom. The average molecular weight is 620 g/mol. The van der Waals surface area contributed by atoms with Gasteiger partial charge in [0, 0.05) is 25.0 Å². The molecular weight excluding hydrogens is 586 g/mol. The van der Waals surface area contributed by atoms with Gasteiger partial charge in [-0.2, -0.15) is 0 Å². The van der Waals surface area contributed by atoms with Crippen LogP contribution in [-0.4, -0.2) is 51.9 Å². The highest BCUT2D eigenvalue weighted by molar-refractivity contribution is 7.92. The quantitative estimate of drug-likeness (QED) is 0.234. The van der Waals surface area contributed by atoms with Crippen LogP contribution in [0.1, 0.15) is 16.7 Å². The fourth-order valence-electron chi connectivity index (χ4n) is 4.65. The predicted molar refractivity (Wildman–Crippen MR) is 169 cm³/mol. The van der Waals surface area contributed by atoms with E-state index in [2.05, 4.69) is 5.32 Å². The number of ether oxygens (including phenoxy) is 1. The Morgan fingerprint density at radius 2 is 1.51 bits per heavy atom. The third-order valence-electron chi connectivity index (χ3n) is 7.06. The van der Waals surface area contributed by atoms with E-state index in [9.17, 15) is 18.0 Å². The van der Waals surface area contributed by atoms with Crippen LogP contribution < -0.4 is 14.4 Å². The van der Waals surface area contributed by atoms with Crippen LogP contribution in [-0.2, 0) is 32.6 Å². The lowest BCUT2D eigenvalue weighted by atomic mass is 10.0. The zero-order valence-corrected chi connectivity index (χ0v) is 25.8. The van der Waals surface area contributed by atoms with E-state index >= 15 is 0 Å². The topological polar surface area (TPSA) is 96.0 Å². The van der Waals surface area contributed by atoms with Crippen molar-refractivity contribution in [3.05, 3.63) is 125 Å². The van der Waals surface area contributed by atoms with Crippen molar-refractivity contribution in [3.63, 3.8) is 0 Å². The van der Waals surface area contributed by atoms with Crippen molar-refractivity contribution in [2.24, 2.45) is 0 Å². The number of nitrogens with one attached hydrogen (secondary N) is 1. The summed E-state index contributed by atoms with van der Waals surface area (Å²) in [6, 6.07) is 28.3. The van der Waals surface area contributed by atoms with Gasteiger partial charge in [-0.05, 0) is 60.5 Å². The van der Waals surface area contributed by atoms with Gasteiger partial charge in [-0.1, -0.05) is 77.8 Å². The van der Waals surface area contributed by atoms with E-state index in [0.717, 1.165) is 15.4 Å². The van der Waals surface area contributed by atoms with Gasteiger partial charge in [-0.15, -0.1) is 0 Å². The second-order valence-corrected chi connectivity index (χ2v) is 12.2. The summed E-state index contributed by atoms with van der Waals surface area (Å²) in [5, 5.41) is 3.10. The van der Waals surface area contributed by atoms with Crippen LogP contribution >= 0.6 is 11.6 Å². The van der Waals surface area contributed by atoms with Crippen molar-refractivity contribution in [2.45, 2.75) is 30.8 Å². The summed E-state index contributed by atoms with van der Waals surface area (Å²) in [4.78, 5) is 29.0. The molecule has 0 aliphatic heterocycles. The zero-order valence-electron chi connectivity index (χ0n) is 24.2. The van der Waals surface area contributed by atoms with Gasteiger partial charge in [-0.3, -0.25) is 13.9 Å². The lowest BCUT2D eigenvalue weighted by Gasteiger charge is -2.33. The van der Waals surface area contributed by atoms with E-state index in [-0.39, 0.29) is 23.8 Å². The Labute approximate surface area is 257 Å². The van der Waals surface area contributed by atoms with Gasteiger partial charge < -0.3 is 15.0 Å². The van der Waals surface area contributed by atoms with E-state index in [0.29, 0.717) is 22.0 Å². The van der Waals surface area contributed by atoms with Gasteiger partial charge in [0.2, 0.25) is 11.8 Å². The highest BCUT2D eigenvalue weighted by Gasteiger charge is 2.34. The molecule has 10 heteroatoms. The number of amides is 2. The van der Waals surface area contributed by atoms with Crippen molar-refractivity contribution < 1.29 is 22.7 Å². The predicted octanol–water partition coefficient (Wildman–Crippen LogP) is 5.24. The maximum absolute atomic E-state index is 14.3. The number of likely N-dealkylation sites (N-methyl/N-ethyl adjacent to an activating group) is 1. The molecule has 0 radical (unpaired) electrons. The molecule has 4 aromatic carbocycles. The second-order valence-electron chi connectivity index (χ2n) is 9.96. The number of benzene rings is 4. The molecule has 2 amide bonds. The van der Waals surface area contributed by atoms with Crippen LogP contribution in [0.5, 0.6) is 5.75 Å². The fourth-order valence-corrected chi connectivity index (χ4v) is 6.26. The Morgan fingerprint density at radius 3 is 2.12 bits per heavy atom. The van der Waals surface area contributed by atoms with Gasteiger partial charge in [-0.25, -0.2) is 8.42 Å². The molecule has 0 fully saturated rings. The van der Waals surface area contributed by atoms with Crippen molar-refractivity contribution in [2.75, 3.05) is 25.0 Å². The SMILES string of the molecule is CNC(=O)[C@H](Cc1ccccc1)N(Cc1ccccc1Cl)C(=O)CN(c1ccc(C)cc1)S(=O)(=O)c1ccc(OC)cc1. The fraction of sp³-hybridized carbons (Fsp3) is 0.212. The number of carbonyl (C=O) groups excluding carboxylic acids is 2. The van der Waals surface area contributed by atoms with Gasteiger partial charge >= 0.3 is 0 Å². The number of hydrogen-bond acceptors (Lipinski definition) is 5. The third-order valence-corrected chi connectivity index (χ3v) is 9.22. The molecule has 4 aromatic rings. The molecule has 0 bridgehead atoms. The van der Waals surface area contributed by atoms with Crippen LogP contribution in [0, 0.1) is 6.92 Å². The number of hydrogen-bond donors (Lipinski definition) is 1. The lowest BCUT2D eigenvalue weighted by molar-refractivity contribution is -0.139. The van der Waals surface area contributed by atoms with Crippen LogP contribution in [0.4, 0.5) is 5.69 Å². The largest absolute Gasteiger partial charge is 0.497 e. The zero-order chi connectivity index (χ0) is 31.0. The van der Waals surface area contributed by atoms with E-state index < -0.39 is 28.5 Å². The molecule has 1 atom stereocenters.